The molecule has 0 spiro atoms. The van der Waals surface area contributed by atoms with E-state index in [2.05, 4.69) is 30.2 Å². The van der Waals surface area contributed by atoms with Crippen molar-refractivity contribution in [2.24, 2.45) is 5.92 Å². The minimum Gasteiger partial charge on any atom is -0.458 e. The molecule has 1 fully saturated rings. The molecule has 1 aliphatic heterocycles. The number of hydrogen-bond donors (Lipinski definition) is 1. The van der Waals surface area contributed by atoms with E-state index in [1.54, 1.807) is 0 Å². The van der Waals surface area contributed by atoms with Gasteiger partial charge in [0.2, 0.25) is 0 Å². The van der Waals surface area contributed by atoms with Gasteiger partial charge in [-0.25, -0.2) is 4.98 Å². The zero-order chi connectivity index (χ0) is 12.7. The summed E-state index contributed by atoms with van der Waals surface area (Å²) < 4.78 is 5.96. The van der Waals surface area contributed by atoms with E-state index in [9.17, 15) is 0 Å². The standard InChI is InChI=1S/C15H20N2O/c1-9-4-5-11(3)17-15(9)14-8-12-13(18-14)7-6-10(2)16-12/h6-9,11,15,17H,4-5H2,1-3H3/t9?,11?,15-/m0/s1. The van der Waals surface area contributed by atoms with Crippen molar-refractivity contribution >= 4 is 11.1 Å². The molecule has 18 heavy (non-hydrogen) atoms. The summed E-state index contributed by atoms with van der Waals surface area (Å²) in [7, 11) is 0. The number of aromatic nitrogens is 1. The summed E-state index contributed by atoms with van der Waals surface area (Å²) in [6.07, 6.45) is 2.50. The van der Waals surface area contributed by atoms with Gasteiger partial charge in [0.15, 0.2) is 5.58 Å². The number of aryl methyl sites for hydroxylation is 1. The smallest absolute Gasteiger partial charge is 0.152 e. The molecule has 3 heterocycles. The molecule has 0 saturated carbocycles. The number of pyridine rings is 1. The minimum atomic E-state index is 0.322. The van der Waals surface area contributed by atoms with Crippen molar-refractivity contribution in [1.29, 1.82) is 0 Å². The molecule has 0 aromatic carbocycles. The number of nitrogens with one attached hydrogen (secondary N) is 1. The molecule has 3 nitrogen and oxygen atoms in total. The monoisotopic (exact) mass is 244 g/mol. The van der Waals surface area contributed by atoms with Gasteiger partial charge in [-0.2, -0.15) is 0 Å². The topological polar surface area (TPSA) is 38.1 Å². The van der Waals surface area contributed by atoms with Crippen molar-refractivity contribution in [2.75, 3.05) is 0 Å². The fourth-order valence-electron chi connectivity index (χ4n) is 2.79. The van der Waals surface area contributed by atoms with Crippen LogP contribution in [0.2, 0.25) is 0 Å². The predicted molar refractivity (Wildman–Crippen MR) is 72.5 cm³/mol. The maximum atomic E-state index is 5.96. The van der Waals surface area contributed by atoms with Crippen molar-refractivity contribution in [3.8, 4) is 0 Å². The second-order valence-corrected chi connectivity index (χ2v) is 5.58. The molecule has 2 aromatic heterocycles. The SMILES string of the molecule is Cc1ccc2oc([C@H]3NC(C)CCC3C)cc2n1. The lowest BCUT2D eigenvalue weighted by Gasteiger charge is -2.32. The normalized spacial score (nSPS) is 28.7. The first kappa shape index (κ1) is 11.7. The molecule has 96 valence electrons. The molecule has 1 saturated heterocycles. The van der Waals surface area contributed by atoms with Gasteiger partial charge in [-0.3, -0.25) is 0 Å². The fraction of sp³-hybridized carbons (Fsp3) is 0.533. The van der Waals surface area contributed by atoms with Gasteiger partial charge in [0.05, 0.1) is 6.04 Å². The third-order valence-electron chi connectivity index (χ3n) is 3.93. The summed E-state index contributed by atoms with van der Waals surface area (Å²) in [6.45, 7) is 6.54. The van der Waals surface area contributed by atoms with Crippen molar-refractivity contribution in [3.63, 3.8) is 0 Å². The second kappa shape index (κ2) is 4.39. The Balaban J connectivity index is 1.97. The van der Waals surface area contributed by atoms with E-state index in [0.29, 0.717) is 18.0 Å². The first-order valence-electron chi connectivity index (χ1n) is 6.76. The molecule has 3 atom stereocenters. The van der Waals surface area contributed by atoms with E-state index in [1.807, 2.05) is 19.1 Å². The molecule has 0 bridgehead atoms. The van der Waals surface area contributed by atoms with Crippen LogP contribution in [0.25, 0.3) is 11.1 Å². The van der Waals surface area contributed by atoms with Crippen molar-refractivity contribution in [2.45, 2.75) is 45.7 Å². The summed E-state index contributed by atoms with van der Waals surface area (Å²) in [6, 6.07) is 6.99. The largest absolute Gasteiger partial charge is 0.458 e. The van der Waals surface area contributed by atoms with Gasteiger partial charge in [-0.1, -0.05) is 6.92 Å². The quantitative estimate of drug-likeness (QED) is 0.833. The Morgan fingerprint density at radius 1 is 1.28 bits per heavy atom. The van der Waals surface area contributed by atoms with Crippen molar-refractivity contribution < 1.29 is 4.42 Å². The second-order valence-electron chi connectivity index (χ2n) is 5.58. The molecule has 0 aliphatic carbocycles. The zero-order valence-electron chi connectivity index (χ0n) is 11.2. The highest BCUT2D eigenvalue weighted by Crippen LogP contribution is 2.33. The van der Waals surface area contributed by atoms with E-state index in [0.717, 1.165) is 22.6 Å². The molecule has 1 aliphatic rings. The molecule has 2 unspecified atom stereocenters. The average molecular weight is 244 g/mol. The molecule has 0 radical (unpaired) electrons. The van der Waals surface area contributed by atoms with Crippen LogP contribution in [0.1, 0.15) is 44.2 Å². The van der Waals surface area contributed by atoms with E-state index in [-0.39, 0.29) is 0 Å². The van der Waals surface area contributed by atoms with E-state index >= 15 is 0 Å². The first-order chi connectivity index (χ1) is 8.63. The molecule has 3 rings (SSSR count). The summed E-state index contributed by atoms with van der Waals surface area (Å²) in [5.74, 6) is 1.64. The Kier molecular flexibility index (Phi) is 2.86. The molecular formula is C15H20N2O. The highest BCUT2D eigenvalue weighted by atomic mass is 16.3. The van der Waals surface area contributed by atoms with Crippen LogP contribution < -0.4 is 5.32 Å². The van der Waals surface area contributed by atoms with Crippen LogP contribution in [0, 0.1) is 12.8 Å². The Labute approximate surface area is 108 Å². The number of furan rings is 1. The van der Waals surface area contributed by atoms with Crippen LogP contribution >= 0.6 is 0 Å². The Morgan fingerprint density at radius 3 is 2.94 bits per heavy atom. The van der Waals surface area contributed by atoms with E-state index < -0.39 is 0 Å². The van der Waals surface area contributed by atoms with Gasteiger partial charge in [-0.05, 0) is 44.7 Å². The van der Waals surface area contributed by atoms with Gasteiger partial charge in [0.1, 0.15) is 11.3 Å². The predicted octanol–water partition coefficient (Wildman–Crippen LogP) is 3.59. The Morgan fingerprint density at radius 2 is 2.11 bits per heavy atom. The van der Waals surface area contributed by atoms with E-state index in [4.69, 9.17) is 4.42 Å². The minimum absolute atomic E-state index is 0.322. The zero-order valence-corrected chi connectivity index (χ0v) is 11.2. The van der Waals surface area contributed by atoms with Crippen LogP contribution in [0.4, 0.5) is 0 Å². The van der Waals surface area contributed by atoms with Gasteiger partial charge in [-0.15, -0.1) is 0 Å². The highest BCUT2D eigenvalue weighted by Gasteiger charge is 2.28. The fourth-order valence-corrected chi connectivity index (χ4v) is 2.79. The van der Waals surface area contributed by atoms with Crippen molar-refractivity contribution in [1.82, 2.24) is 10.3 Å². The Hall–Kier alpha value is -1.35. The van der Waals surface area contributed by atoms with Crippen LogP contribution in [0.15, 0.2) is 22.6 Å². The summed E-state index contributed by atoms with van der Waals surface area (Å²) >= 11 is 0. The molecule has 3 heteroatoms. The third kappa shape index (κ3) is 2.03. The van der Waals surface area contributed by atoms with Gasteiger partial charge in [0.25, 0.3) is 0 Å². The summed E-state index contributed by atoms with van der Waals surface area (Å²) in [5.41, 5.74) is 2.90. The number of piperidine rings is 1. The van der Waals surface area contributed by atoms with Crippen molar-refractivity contribution in [3.05, 3.63) is 29.7 Å². The lowest BCUT2D eigenvalue weighted by atomic mass is 9.88. The van der Waals surface area contributed by atoms with Crippen LogP contribution in [-0.4, -0.2) is 11.0 Å². The molecule has 2 aromatic rings. The van der Waals surface area contributed by atoms with E-state index in [1.165, 1.54) is 12.8 Å². The molecule has 1 N–H and O–H groups in total. The maximum Gasteiger partial charge on any atom is 0.152 e. The lowest BCUT2D eigenvalue weighted by molar-refractivity contribution is 0.232. The number of hydrogen-bond acceptors (Lipinski definition) is 3. The highest BCUT2D eigenvalue weighted by molar-refractivity contribution is 5.73. The van der Waals surface area contributed by atoms with Crippen LogP contribution in [0.3, 0.4) is 0 Å². The maximum absolute atomic E-state index is 5.96. The molecule has 0 amide bonds. The number of fused-ring (bicyclic) bond motifs is 1. The van der Waals surface area contributed by atoms with Gasteiger partial charge < -0.3 is 9.73 Å². The number of rotatable bonds is 1. The summed E-state index contributed by atoms with van der Waals surface area (Å²) in [4.78, 5) is 4.51. The third-order valence-corrected chi connectivity index (χ3v) is 3.93. The first-order valence-corrected chi connectivity index (χ1v) is 6.76. The number of nitrogens with zero attached hydrogens (tertiary/aromatic N) is 1. The lowest BCUT2D eigenvalue weighted by Crippen LogP contribution is -2.38. The van der Waals surface area contributed by atoms with Crippen LogP contribution in [-0.2, 0) is 0 Å². The molecular weight excluding hydrogens is 224 g/mol. The van der Waals surface area contributed by atoms with Gasteiger partial charge in [0, 0.05) is 17.8 Å². The van der Waals surface area contributed by atoms with Gasteiger partial charge >= 0.3 is 0 Å². The van der Waals surface area contributed by atoms with Crippen LogP contribution in [0.5, 0.6) is 0 Å². The summed E-state index contributed by atoms with van der Waals surface area (Å²) in [5, 5.41) is 3.64. The Bertz CT molecular complexity index is 561. The average Bonchev–Trinajstić information content (AvgIpc) is 2.74.